The van der Waals surface area contributed by atoms with Crippen molar-refractivity contribution in [2.45, 2.75) is 18.9 Å². The summed E-state index contributed by atoms with van der Waals surface area (Å²) >= 11 is 0. The van der Waals surface area contributed by atoms with E-state index < -0.39 is 17.9 Å². The number of carboxylic acid groups (broad SMARTS) is 1. The number of amides is 1. The van der Waals surface area contributed by atoms with Crippen molar-refractivity contribution in [3.63, 3.8) is 0 Å². The zero-order valence-corrected chi connectivity index (χ0v) is 10.7. The number of carbonyl (C=O) groups excluding carboxylic acids is 1. The van der Waals surface area contributed by atoms with E-state index in [1.807, 2.05) is 30.3 Å². The Hall–Kier alpha value is -1.88. The number of aliphatic carboxylic acids is 1. The number of hydrogen-bond acceptors (Lipinski definition) is 3. The Morgan fingerprint density at radius 1 is 1.37 bits per heavy atom. The number of carboxylic acids is 1. The molecule has 0 aliphatic carbocycles. The Kier molecular flexibility index (Phi) is 4.16. The maximum absolute atomic E-state index is 12.1. The topological polar surface area (TPSA) is 83.6 Å². The number of carbonyl (C=O) groups is 2. The normalized spacial score (nSPS) is 20.3. The molecule has 1 aliphatic rings. The van der Waals surface area contributed by atoms with Gasteiger partial charge in [0, 0.05) is 13.1 Å². The summed E-state index contributed by atoms with van der Waals surface area (Å²) in [6.07, 6.45) is 0.993. The lowest BCUT2D eigenvalue weighted by molar-refractivity contribution is -0.141. The van der Waals surface area contributed by atoms with Crippen LogP contribution in [0.2, 0.25) is 0 Å². The lowest BCUT2D eigenvalue weighted by atomic mass is 10.1. The maximum atomic E-state index is 12.1. The summed E-state index contributed by atoms with van der Waals surface area (Å²) in [4.78, 5) is 24.5. The van der Waals surface area contributed by atoms with Gasteiger partial charge in [0.2, 0.25) is 5.91 Å². The lowest BCUT2D eigenvalue weighted by Gasteiger charge is -2.20. The van der Waals surface area contributed by atoms with E-state index in [9.17, 15) is 9.59 Å². The van der Waals surface area contributed by atoms with E-state index in [4.69, 9.17) is 10.8 Å². The molecule has 0 spiro atoms. The van der Waals surface area contributed by atoms with Crippen molar-refractivity contribution in [3.8, 4) is 0 Å². The molecule has 0 saturated carbocycles. The van der Waals surface area contributed by atoms with E-state index in [1.54, 1.807) is 4.90 Å². The van der Waals surface area contributed by atoms with Crippen LogP contribution in [0.25, 0.3) is 0 Å². The van der Waals surface area contributed by atoms with Crippen molar-refractivity contribution in [2.75, 3.05) is 13.1 Å². The molecule has 19 heavy (non-hydrogen) atoms. The molecule has 5 heteroatoms. The van der Waals surface area contributed by atoms with Gasteiger partial charge in [-0.15, -0.1) is 0 Å². The number of rotatable bonds is 4. The third-order valence-corrected chi connectivity index (χ3v) is 3.46. The molecule has 5 nitrogen and oxygen atoms in total. The van der Waals surface area contributed by atoms with Crippen molar-refractivity contribution < 1.29 is 14.7 Å². The third-order valence-electron chi connectivity index (χ3n) is 3.46. The smallest absolute Gasteiger partial charge is 0.308 e. The quantitative estimate of drug-likeness (QED) is 0.827. The van der Waals surface area contributed by atoms with Crippen LogP contribution in [0.1, 0.15) is 12.0 Å². The molecule has 2 rings (SSSR count). The second-order valence-corrected chi connectivity index (χ2v) is 4.90. The molecule has 1 aromatic rings. The van der Waals surface area contributed by atoms with Gasteiger partial charge < -0.3 is 15.7 Å². The Balaban J connectivity index is 1.91. The summed E-state index contributed by atoms with van der Waals surface area (Å²) in [5.41, 5.74) is 6.92. The first-order chi connectivity index (χ1) is 9.08. The number of benzene rings is 1. The first-order valence-corrected chi connectivity index (χ1v) is 6.39. The molecule has 1 unspecified atom stereocenters. The molecular formula is C14H18N2O3. The molecule has 1 aromatic carbocycles. The van der Waals surface area contributed by atoms with E-state index >= 15 is 0 Å². The summed E-state index contributed by atoms with van der Waals surface area (Å²) in [5, 5.41) is 8.92. The highest BCUT2D eigenvalue weighted by Gasteiger charge is 2.32. The van der Waals surface area contributed by atoms with Gasteiger partial charge in [0.15, 0.2) is 0 Å². The Bertz CT molecular complexity index is 461. The van der Waals surface area contributed by atoms with Crippen molar-refractivity contribution in [3.05, 3.63) is 35.9 Å². The molecule has 0 radical (unpaired) electrons. The Labute approximate surface area is 112 Å². The van der Waals surface area contributed by atoms with Gasteiger partial charge in [-0.2, -0.15) is 0 Å². The SMILES string of the molecule is N[C@@H](Cc1ccccc1)C(=O)N1CCC(C(=O)O)C1. The standard InChI is InChI=1S/C14H18N2O3/c15-12(8-10-4-2-1-3-5-10)13(17)16-7-6-11(9-16)14(18)19/h1-5,11-12H,6-9,15H2,(H,18,19)/t11?,12-/m0/s1. The Morgan fingerprint density at radius 2 is 2.05 bits per heavy atom. The maximum Gasteiger partial charge on any atom is 0.308 e. The summed E-state index contributed by atoms with van der Waals surface area (Å²) < 4.78 is 0. The molecule has 0 bridgehead atoms. The fourth-order valence-corrected chi connectivity index (χ4v) is 2.35. The number of nitrogens with two attached hydrogens (primary N) is 1. The van der Waals surface area contributed by atoms with E-state index in [2.05, 4.69) is 0 Å². The van der Waals surface area contributed by atoms with Crippen molar-refractivity contribution in [2.24, 2.45) is 11.7 Å². The second-order valence-electron chi connectivity index (χ2n) is 4.90. The summed E-state index contributed by atoms with van der Waals surface area (Å²) in [6.45, 7) is 0.759. The minimum atomic E-state index is -0.841. The number of hydrogen-bond donors (Lipinski definition) is 2. The van der Waals surface area contributed by atoms with Gasteiger partial charge in [-0.3, -0.25) is 9.59 Å². The predicted molar refractivity (Wildman–Crippen MR) is 70.4 cm³/mol. The van der Waals surface area contributed by atoms with Gasteiger partial charge in [0.25, 0.3) is 0 Å². The minimum absolute atomic E-state index is 0.160. The summed E-state index contributed by atoms with van der Waals surface area (Å²) in [5.74, 6) is -1.45. The molecule has 1 amide bonds. The van der Waals surface area contributed by atoms with Crippen LogP contribution in [0.15, 0.2) is 30.3 Å². The molecule has 1 heterocycles. The van der Waals surface area contributed by atoms with E-state index in [0.717, 1.165) is 5.56 Å². The largest absolute Gasteiger partial charge is 0.481 e. The highest BCUT2D eigenvalue weighted by Crippen LogP contribution is 2.17. The van der Waals surface area contributed by atoms with Crippen LogP contribution in [0.3, 0.4) is 0 Å². The molecule has 1 aliphatic heterocycles. The highest BCUT2D eigenvalue weighted by atomic mass is 16.4. The Morgan fingerprint density at radius 3 is 2.63 bits per heavy atom. The molecule has 1 saturated heterocycles. The van der Waals surface area contributed by atoms with E-state index in [-0.39, 0.29) is 12.5 Å². The average molecular weight is 262 g/mol. The first kappa shape index (κ1) is 13.5. The zero-order valence-electron chi connectivity index (χ0n) is 10.7. The summed E-state index contributed by atoms with van der Waals surface area (Å²) in [7, 11) is 0. The van der Waals surface area contributed by atoms with Crippen LogP contribution >= 0.6 is 0 Å². The molecule has 0 aromatic heterocycles. The van der Waals surface area contributed by atoms with E-state index in [1.165, 1.54) is 0 Å². The van der Waals surface area contributed by atoms with Crippen molar-refractivity contribution in [1.82, 2.24) is 4.90 Å². The lowest BCUT2D eigenvalue weighted by Crippen LogP contribution is -2.44. The molecule has 1 fully saturated rings. The van der Waals surface area contributed by atoms with Crippen molar-refractivity contribution >= 4 is 11.9 Å². The van der Waals surface area contributed by atoms with E-state index in [0.29, 0.717) is 19.4 Å². The molecule has 102 valence electrons. The van der Waals surface area contributed by atoms with Crippen LogP contribution < -0.4 is 5.73 Å². The van der Waals surface area contributed by atoms with Crippen LogP contribution in [0.5, 0.6) is 0 Å². The van der Waals surface area contributed by atoms with Gasteiger partial charge >= 0.3 is 5.97 Å². The van der Waals surface area contributed by atoms with Gasteiger partial charge in [-0.05, 0) is 18.4 Å². The highest BCUT2D eigenvalue weighted by molar-refractivity contribution is 5.83. The average Bonchev–Trinajstić information content (AvgIpc) is 2.88. The third kappa shape index (κ3) is 3.32. The number of likely N-dealkylation sites (tertiary alicyclic amines) is 1. The van der Waals surface area contributed by atoms with Crippen LogP contribution in [-0.4, -0.2) is 41.0 Å². The van der Waals surface area contributed by atoms with Crippen LogP contribution in [0, 0.1) is 5.92 Å². The van der Waals surface area contributed by atoms with Crippen molar-refractivity contribution in [1.29, 1.82) is 0 Å². The fourth-order valence-electron chi connectivity index (χ4n) is 2.35. The van der Waals surface area contributed by atoms with Crippen LogP contribution in [-0.2, 0) is 16.0 Å². The second kappa shape index (κ2) is 5.84. The van der Waals surface area contributed by atoms with Gasteiger partial charge in [0.05, 0.1) is 12.0 Å². The van der Waals surface area contributed by atoms with Gasteiger partial charge in [-0.1, -0.05) is 30.3 Å². The fraction of sp³-hybridized carbons (Fsp3) is 0.429. The first-order valence-electron chi connectivity index (χ1n) is 6.39. The molecule has 2 atom stereocenters. The monoisotopic (exact) mass is 262 g/mol. The number of nitrogens with zero attached hydrogens (tertiary/aromatic N) is 1. The molecular weight excluding hydrogens is 244 g/mol. The van der Waals surface area contributed by atoms with Crippen LogP contribution in [0.4, 0.5) is 0 Å². The van der Waals surface area contributed by atoms with Gasteiger partial charge in [-0.25, -0.2) is 0 Å². The minimum Gasteiger partial charge on any atom is -0.481 e. The predicted octanol–water partition coefficient (Wildman–Crippen LogP) is 0.489. The molecule has 3 N–H and O–H groups in total. The van der Waals surface area contributed by atoms with Gasteiger partial charge in [0.1, 0.15) is 0 Å². The summed E-state index contributed by atoms with van der Waals surface area (Å²) in [6, 6.07) is 8.98. The zero-order chi connectivity index (χ0) is 13.8.